The molecule has 2 aromatic rings. The summed E-state index contributed by atoms with van der Waals surface area (Å²) in [6.45, 7) is 8.02. The number of thiophene rings is 1. The zero-order valence-electron chi connectivity index (χ0n) is 15.1. The van der Waals surface area contributed by atoms with Crippen LogP contribution in [0, 0.1) is 0 Å². The minimum absolute atomic E-state index is 0.0675. The van der Waals surface area contributed by atoms with E-state index < -0.39 is 0 Å². The molecule has 1 aromatic heterocycles. The van der Waals surface area contributed by atoms with Crippen LogP contribution in [0.2, 0.25) is 10.0 Å². The lowest BCUT2D eigenvalue weighted by molar-refractivity contribution is 0.367. The predicted molar refractivity (Wildman–Crippen MR) is 119 cm³/mol. The average molecular weight is 430 g/mol. The van der Waals surface area contributed by atoms with E-state index in [-0.39, 0.29) is 17.2 Å². The topological polar surface area (TPSA) is 46.2 Å². The fourth-order valence-corrected chi connectivity index (χ4v) is 5.35. The first-order chi connectivity index (χ1) is 12.2. The maximum absolute atomic E-state index is 9.24. The highest BCUT2D eigenvalue weighted by atomic mass is 35.5. The number of aliphatic hydroxyl groups excluding tert-OH is 1. The van der Waals surface area contributed by atoms with Gasteiger partial charge < -0.3 is 10.8 Å². The molecule has 1 aromatic carbocycles. The lowest BCUT2D eigenvalue weighted by Crippen LogP contribution is -2.22. The Morgan fingerprint density at radius 3 is 2.69 bits per heavy atom. The van der Waals surface area contributed by atoms with Crippen molar-refractivity contribution in [2.24, 2.45) is 5.73 Å². The van der Waals surface area contributed by atoms with Gasteiger partial charge in [-0.25, -0.2) is 0 Å². The SMILES string of the molecule is C=C(O)C(N)CCSCCC(C)(C)c1cc(-c2ccc(Cl)cc2Cl)cs1. The van der Waals surface area contributed by atoms with Gasteiger partial charge in [-0.05, 0) is 58.9 Å². The van der Waals surface area contributed by atoms with E-state index >= 15 is 0 Å². The number of hydrogen-bond donors (Lipinski definition) is 2. The third-order valence-electron chi connectivity index (χ3n) is 4.38. The van der Waals surface area contributed by atoms with Crippen LogP contribution in [0.1, 0.15) is 31.6 Å². The molecule has 1 unspecified atom stereocenters. The van der Waals surface area contributed by atoms with E-state index in [4.69, 9.17) is 28.9 Å². The van der Waals surface area contributed by atoms with Gasteiger partial charge >= 0.3 is 0 Å². The smallest absolute Gasteiger partial charge is 0.102 e. The number of benzene rings is 1. The Labute approximate surface area is 174 Å². The maximum Gasteiger partial charge on any atom is 0.102 e. The molecule has 1 atom stereocenters. The molecule has 0 spiro atoms. The highest BCUT2D eigenvalue weighted by Gasteiger charge is 2.23. The van der Waals surface area contributed by atoms with Gasteiger partial charge in [-0.2, -0.15) is 11.8 Å². The monoisotopic (exact) mass is 429 g/mol. The number of rotatable bonds is 9. The van der Waals surface area contributed by atoms with Crippen molar-refractivity contribution in [2.45, 2.75) is 38.1 Å². The fourth-order valence-electron chi connectivity index (χ4n) is 2.49. The summed E-state index contributed by atoms with van der Waals surface area (Å²) in [5.41, 5.74) is 8.02. The van der Waals surface area contributed by atoms with Crippen molar-refractivity contribution in [3.63, 3.8) is 0 Å². The average Bonchev–Trinajstić information content (AvgIpc) is 3.04. The van der Waals surface area contributed by atoms with Crippen LogP contribution >= 0.6 is 46.3 Å². The van der Waals surface area contributed by atoms with Crippen molar-refractivity contribution in [2.75, 3.05) is 11.5 Å². The second kappa shape index (κ2) is 9.52. The quantitative estimate of drug-likeness (QED) is 0.336. The van der Waals surface area contributed by atoms with Crippen molar-refractivity contribution in [1.29, 1.82) is 0 Å². The standard InChI is InChI=1S/C20H25Cl2NOS2/c1-13(24)18(23)6-8-25-9-7-20(2,3)19-10-14(12-26-19)16-5-4-15(21)11-17(16)22/h4-5,10-12,18,24H,1,6-9,23H2,2-3H3. The van der Waals surface area contributed by atoms with E-state index in [1.807, 2.05) is 23.9 Å². The molecule has 0 saturated heterocycles. The molecule has 2 nitrogen and oxygen atoms in total. The molecular formula is C20H25Cl2NOS2. The predicted octanol–water partition coefficient (Wildman–Crippen LogP) is 6.91. The molecule has 0 radical (unpaired) electrons. The number of nitrogens with two attached hydrogens (primary N) is 1. The molecule has 2 rings (SSSR count). The van der Waals surface area contributed by atoms with Gasteiger partial charge in [0, 0.05) is 20.5 Å². The van der Waals surface area contributed by atoms with E-state index in [0.717, 1.165) is 35.5 Å². The Balaban J connectivity index is 1.93. The molecular weight excluding hydrogens is 405 g/mol. The molecule has 0 amide bonds. The van der Waals surface area contributed by atoms with Crippen LogP contribution in [-0.4, -0.2) is 22.7 Å². The van der Waals surface area contributed by atoms with E-state index in [2.05, 4.69) is 31.9 Å². The van der Waals surface area contributed by atoms with Crippen LogP contribution < -0.4 is 5.73 Å². The minimum Gasteiger partial charge on any atom is -0.511 e. The van der Waals surface area contributed by atoms with Gasteiger partial charge in [0.25, 0.3) is 0 Å². The summed E-state index contributed by atoms with van der Waals surface area (Å²) in [4.78, 5) is 1.35. The Bertz CT molecular complexity index is 758. The molecule has 0 aliphatic rings. The van der Waals surface area contributed by atoms with Crippen LogP contribution in [0.15, 0.2) is 42.0 Å². The molecule has 6 heteroatoms. The van der Waals surface area contributed by atoms with Crippen LogP contribution in [0.4, 0.5) is 0 Å². The van der Waals surface area contributed by atoms with Crippen LogP contribution in [0.5, 0.6) is 0 Å². The van der Waals surface area contributed by atoms with Crippen molar-refractivity contribution in [3.05, 3.63) is 56.9 Å². The second-order valence-corrected chi connectivity index (χ2v) is 9.94. The Hall–Kier alpha value is -0.650. The lowest BCUT2D eigenvalue weighted by atomic mass is 9.88. The summed E-state index contributed by atoms with van der Waals surface area (Å²) in [5.74, 6) is 2.04. The van der Waals surface area contributed by atoms with Gasteiger partial charge in [0.2, 0.25) is 0 Å². The van der Waals surface area contributed by atoms with Crippen LogP contribution in [-0.2, 0) is 5.41 Å². The van der Waals surface area contributed by atoms with Gasteiger partial charge in [-0.1, -0.05) is 49.7 Å². The third kappa shape index (κ3) is 5.93. The second-order valence-electron chi connectivity index (χ2n) is 6.96. The maximum atomic E-state index is 9.24. The normalized spacial score (nSPS) is 13.0. The molecule has 26 heavy (non-hydrogen) atoms. The third-order valence-corrected chi connectivity index (χ3v) is 7.24. The number of aliphatic hydroxyl groups is 1. The fraction of sp³-hybridized carbons (Fsp3) is 0.400. The van der Waals surface area contributed by atoms with Gasteiger partial charge in [0.05, 0.1) is 6.04 Å². The molecule has 0 aliphatic carbocycles. The summed E-state index contributed by atoms with van der Waals surface area (Å²) in [7, 11) is 0. The zero-order chi connectivity index (χ0) is 19.3. The molecule has 0 aliphatic heterocycles. The number of thioether (sulfide) groups is 1. The van der Waals surface area contributed by atoms with Gasteiger partial charge in [-0.3, -0.25) is 0 Å². The van der Waals surface area contributed by atoms with Crippen molar-refractivity contribution < 1.29 is 5.11 Å². The highest BCUT2D eigenvalue weighted by molar-refractivity contribution is 7.99. The number of halogens is 2. The van der Waals surface area contributed by atoms with Crippen molar-refractivity contribution >= 4 is 46.3 Å². The summed E-state index contributed by atoms with van der Waals surface area (Å²) in [6.07, 6.45) is 1.82. The first-order valence-corrected chi connectivity index (χ1v) is 11.3. The van der Waals surface area contributed by atoms with Gasteiger partial charge in [-0.15, -0.1) is 11.3 Å². The molecule has 142 valence electrons. The first-order valence-electron chi connectivity index (χ1n) is 8.46. The van der Waals surface area contributed by atoms with E-state index in [1.165, 1.54) is 4.88 Å². The molecule has 0 saturated carbocycles. The van der Waals surface area contributed by atoms with E-state index in [9.17, 15) is 5.11 Å². The van der Waals surface area contributed by atoms with Gasteiger partial charge in [0.1, 0.15) is 5.76 Å². The highest BCUT2D eigenvalue weighted by Crippen LogP contribution is 2.39. The molecule has 0 fully saturated rings. The molecule has 0 bridgehead atoms. The summed E-state index contributed by atoms with van der Waals surface area (Å²) < 4.78 is 0. The van der Waals surface area contributed by atoms with E-state index in [0.29, 0.717) is 10.0 Å². The largest absolute Gasteiger partial charge is 0.511 e. The minimum atomic E-state index is -0.320. The molecule has 3 N–H and O–H groups in total. The Morgan fingerprint density at radius 1 is 1.31 bits per heavy atom. The van der Waals surface area contributed by atoms with Crippen LogP contribution in [0.3, 0.4) is 0 Å². The zero-order valence-corrected chi connectivity index (χ0v) is 18.2. The van der Waals surface area contributed by atoms with Crippen LogP contribution in [0.25, 0.3) is 11.1 Å². The summed E-state index contributed by atoms with van der Waals surface area (Å²) in [6, 6.07) is 7.53. The number of hydrogen-bond acceptors (Lipinski definition) is 4. The van der Waals surface area contributed by atoms with Gasteiger partial charge in [0.15, 0.2) is 0 Å². The molecule has 1 heterocycles. The summed E-state index contributed by atoms with van der Waals surface area (Å²) in [5, 5.41) is 12.7. The Morgan fingerprint density at radius 2 is 2.04 bits per heavy atom. The van der Waals surface area contributed by atoms with Crippen molar-refractivity contribution in [3.8, 4) is 11.1 Å². The Kier molecular flexibility index (Phi) is 7.92. The lowest BCUT2D eigenvalue weighted by Gasteiger charge is -2.23. The van der Waals surface area contributed by atoms with Crippen molar-refractivity contribution in [1.82, 2.24) is 0 Å². The first kappa shape index (κ1) is 21.6. The van der Waals surface area contributed by atoms with E-state index in [1.54, 1.807) is 17.4 Å². The summed E-state index contributed by atoms with van der Waals surface area (Å²) >= 11 is 16.0.